The van der Waals surface area contributed by atoms with Gasteiger partial charge in [0.2, 0.25) is 0 Å². The van der Waals surface area contributed by atoms with Crippen LogP contribution in [0.15, 0.2) is 48.5 Å². The number of anilines is 1. The predicted molar refractivity (Wildman–Crippen MR) is 71.4 cm³/mol. The summed E-state index contributed by atoms with van der Waals surface area (Å²) in [6, 6.07) is 11.8. The maximum Gasteiger partial charge on any atom is 0.257 e. The van der Waals surface area contributed by atoms with Gasteiger partial charge in [0.15, 0.2) is 6.10 Å². The Morgan fingerprint density at radius 1 is 1.16 bits per heavy atom. The van der Waals surface area contributed by atoms with Crippen molar-refractivity contribution < 1.29 is 14.3 Å². The Hall–Kier alpha value is -1.91. The number of carbonyl (C=O) groups is 1. The number of hydrogen-bond acceptors (Lipinski definition) is 2. The van der Waals surface area contributed by atoms with E-state index in [0.29, 0.717) is 16.3 Å². The Morgan fingerprint density at radius 2 is 1.79 bits per heavy atom. The second kappa shape index (κ2) is 5.82. The highest BCUT2D eigenvalue weighted by molar-refractivity contribution is 6.31. The van der Waals surface area contributed by atoms with E-state index in [1.54, 1.807) is 24.3 Å². The predicted octanol–water partition coefficient (Wildman–Crippen LogP) is 3.15. The molecule has 0 aliphatic rings. The summed E-state index contributed by atoms with van der Waals surface area (Å²) < 4.78 is 12.7. The quantitative estimate of drug-likeness (QED) is 0.907. The second-order valence-electron chi connectivity index (χ2n) is 3.92. The minimum absolute atomic E-state index is 0.309. The highest BCUT2D eigenvalue weighted by Gasteiger charge is 2.19. The summed E-state index contributed by atoms with van der Waals surface area (Å²) in [7, 11) is 0. The minimum atomic E-state index is -1.38. The largest absolute Gasteiger partial charge is 0.378 e. The van der Waals surface area contributed by atoms with Crippen LogP contribution >= 0.6 is 11.6 Å². The fourth-order valence-corrected chi connectivity index (χ4v) is 1.82. The van der Waals surface area contributed by atoms with Gasteiger partial charge in [0.05, 0.1) is 0 Å². The smallest absolute Gasteiger partial charge is 0.257 e. The second-order valence-corrected chi connectivity index (χ2v) is 4.33. The van der Waals surface area contributed by atoms with Crippen molar-refractivity contribution in [2.75, 3.05) is 5.32 Å². The Balaban J connectivity index is 2.12. The summed E-state index contributed by atoms with van der Waals surface area (Å²) in [4.78, 5) is 11.8. The van der Waals surface area contributed by atoms with Gasteiger partial charge in [-0.1, -0.05) is 29.8 Å². The maximum atomic E-state index is 12.7. The number of halogens is 2. The van der Waals surface area contributed by atoms with Gasteiger partial charge in [-0.25, -0.2) is 4.39 Å². The number of carbonyl (C=O) groups excluding carboxylic acids is 1. The Kier molecular flexibility index (Phi) is 4.14. The number of aliphatic hydroxyl groups excluding tert-OH is 1. The molecule has 0 heterocycles. The van der Waals surface area contributed by atoms with E-state index < -0.39 is 17.8 Å². The third-order valence-corrected chi connectivity index (χ3v) is 2.90. The number of hydrogen-bond donors (Lipinski definition) is 2. The molecule has 0 radical (unpaired) electrons. The van der Waals surface area contributed by atoms with Crippen LogP contribution in [0, 0.1) is 5.82 Å². The van der Waals surface area contributed by atoms with Crippen molar-refractivity contribution in [3.05, 3.63) is 64.9 Å². The maximum absolute atomic E-state index is 12.7. The van der Waals surface area contributed by atoms with E-state index in [4.69, 9.17) is 11.6 Å². The Labute approximate surface area is 114 Å². The first-order valence-electron chi connectivity index (χ1n) is 5.57. The third-order valence-electron chi connectivity index (χ3n) is 2.56. The molecule has 19 heavy (non-hydrogen) atoms. The lowest BCUT2D eigenvalue weighted by molar-refractivity contribution is -0.124. The van der Waals surface area contributed by atoms with Crippen molar-refractivity contribution in [2.45, 2.75) is 6.10 Å². The van der Waals surface area contributed by atoms with E-state index in [0.717, 1.165) is 0 Å². The van der Waals surface area contributed by atoms with Crippen molar-refractivity contribution in [1.82, 2.24) is 0 Å². The van der Waals surface area contributed by atoms with Gasteiger partial charge in [0, 0.05) is 16.3 Å². The zero-order valence-electron chi connectivity index (χ0n) is 9.81. The molecule has 0 saturated heterocycles. The van der Waals surface area contributed by atoms with Gasteiger partial charge in [0.1, 0.15) is 5.82 Å². The first kappa shape index (κ1) is 13.5. The van der Waals surface area contributed by atoms with Gasteiger partial charge in [0.25, 0.3) is 5.91 Å². The molecule has 0 spiro atoms. The lowest BCUT2D eigenvalue weighted by Gasteiger charge is -2.12. The highest BCUT2D eigenvalue weighted by atomic mass is 35.5. The van der Waals surface area contributed by atoms with Crippen molar-refractivity contribution in [1.29, 1.82) is 0 Å². The molecule has 0 aromatic heterocycles. The van der Waals surface area contributed by atoms with Gasteiger partial charge in [-0.05, 0) is 30.3 Å². The van der Waals surface area contributed by atoms with Crippen molar-refractivity contribution in [3.8, 4) is 0 Å². The zero-order chi connectivity index (χ0) is 13.8. The van der Waals surface area contributed by atoms with Crippen molar-refractivity contribution in [2.24, 2.45) is 0 Å². The molecule has 0 unspecified atom stereocenters. The molecule has 0 aliphatic heterocycles. The first-order chi connectivity index (χ1) is 9.08. The Bertz CT molecular complexity index is 586. The van der Waals surface area contributed by atoms with Crippen LogP contribution in [-0.4, -0.2) is 11.0 Å². The molecule has 0 saturated carbocycles. The third kappa shape index (κ3) is 3.30. The van der Waals surface area contributed by atoms with Crippen LogP contribution in [-0.2, 0) is 4.79 Å². The SMILES string of the molecule is O=C(Nc1ccc(F)cc1)[C@H](O)c1ccccc1Cl. The lowest BCUT2D eigenvalue weighted by atomic mass is 10.1. The van der Waals surface area contributed by atoms with E-state index in [2.05, 4.69) is 5.32 Å². The molecular weight excluding hydrogens is 269 g/mol. The van der Waals surface area contributed by atoms with Crippen LogP contribution in [0.4, 0.5) is 10.1 Å². The molecule has 98 valence electrons. The molecule has 2 N–H and O–H groups in total. The van der Waals surface area contributed by atoms with Gasteiger partial charge >= 0.3 is 0 Å². The van der Waals surface area contributed by atoms with Crippen LogP contribution in [0.3, 0.4) is 0 Å². The van der Waals surface area contributed by atoms with Crippen LogP contribution in [0.5, 0.6) is 0 Å². The molecule has 2 aromatic carbocycles. The summed E-state index contributed by atoms with van der Waals surface area (Å²) >= 11 is 5.90. The summed E-state index contributed by atoms with van der Waals surface area (Å²) in [6.45, 7) is 0. The monoisotopic (exact) mass is 279 g/mol. The fraction of sp³-hybridized carbons (Fsp3) is 0.0714. The van der Waals surface area contributed by atoms with E-state index >= 15 is 0 Å². The normalized spacial score (nSPS) is 11.9. The molecule has 3 nitrogen and oxygen atoms in total. The molecular formula is C14H11ClFNO2. The van der Waals surface area contributed by atoms with Gasteiger partial charge in [-0.3, -0.25) is 4.79 Å². The number of amides is 1. The van der Waals surface area contributed by atoms with Crippen LogP contribution in [0.2, 0.25) is 5.02 Å². The molecule has 0 bridgehead atoms. The standard InChI is InChI=1S/C14H11ClFNO2/c15-12-4-2-1-3-11(12)13(18)14(19)17-10-7-5-9(16)6-8-10/h1-8,13,18H,(H,17,19)/t13-/m1/s1. The highest BCUT2D eigenvalue weighted by Crippen LogP contribution is 2.23. The molecule has 2 aromatic rings. The summed E-state index contributed by atoms with van der Waals surface area (Å²) in [6.07, 6.45) is -1.38. The molecule has 5 heteroatoms. The molecule has 1 atom stereocenters. The topological polar surface area (TPSA) is 49.3 Å². The average Bonchev–Trinajstić information content (AvgIpc) is 2.41. The molecule has 0 fully saturated rings. The van der Waals surface area contributed by atoms with Gasteiger partial charge < -0.3 is 10.4 Å². The molecule has 0 aliphatic carbocycles. The number of benzene rings is 2. The fourth-order valence-electron chi connectivity index (χ4n) is 1.58. The van der Waals surface area contributed by atoms with E-state index in [-0.39, 0.29) is 0 Å². The number of aliphatic hydroxyl groups is 1. The summed E-state index contributed by atoms with van der Waals surface area (Å²) in [5.41, 5.74) is 0.723. The average molecular weight is 280 g/mol. The zero-order valence-corrected chi connectivity index (χ0v) is 10.6. The van der Waals surface area contributed by atoms with E-state index in [1.165, 1.54) is 24.3 Å². The molecule has 2 rings (SSSR count). The van der Waals surface area contributed by atoms with Crippen LogP contribution < -0.4 is 5.32 Å². The summed E-state index contributed by atoms with van der Waals surface area (Å²) in [5, 5.41) is 12.7. The van der Waals surface area contributed by atoms with Gasteiger partial charge in [-0.15, -0.1) is 0 Å². The molecule has 1 amide bonds. The first-order valence-corrected chi connectivity index (χ1v) is 5.94. The van der Waals surface area contributed by atoms with Crippen LogP contribution in [0.1, 0.15) is 11.7 Å². The van der Waals surface area contributed by atoms with Gasteiger partial charge in [-0.2, -0.15) is 0 Å². The summed E-state index contributed by atoms with van der Waals surface area (Å²) in [5.74, 6) is -1.02. The van der Waals surface area contributed by atoms with Crippen molar-refractivity contribution >= 4 is 23.2 Å². The number of nitrogens with one attached hydrogen (secondary N) is 1. The van der Waals surface area contributed by atoms with E-state index in [9.17, 15) is 14.3 Å². The van der Waals surface area contributed by atoms with Crippen LogP contribution in [0.25, 0.3) is 0 Å². The lowest BCUT2D eigenvalue weighted by Crippen LogP contribution is -2.21. The number of rotatable bonds is 3. The van der Waals surface area contributed by atoms with E-state index in [1.807, 2.05) is 0 Å². The van der Waals surface area contributed by atoms with Crippen molar-refractivity contribution in [3.63, 3.8) is 0 Å². The Morgan fingerprint density at radius 3 is 2.42 bits per heavy atom. The minimum Gasteiger partial charge on any atom is -0.378 e.